The van der Waals surface area contributed by atoms with E-state index < -0.39 is 0 Å². The van der Waals surface area contributed by atoms with Crippen LogP contribution in [0.2, 0.25) is 0 Å². The molecule has 1 fully saturated rings. The van der Waals surface area contributed by atoms with Crippen LogP contribution >= 0.6 is 0 Å². The number of likely N-dealkylation sites (tertiary alicyclic amines) is 1. The summed E-state index contributed by atoms with van der Waals surface area (Å²) in [5.41, 5.74) is 7.59. The molecule has 6 nitrogen and oxygen atoms in total. The van der Waals surface area contributed by atoms with Crippen LogP contribution in [0.4, 0.5) is 15.0 Å². The van der Waals surface area contributed by atoms with E-state index >= 15 is 0 Å². The van der Waals surface area contributed by atoms with Crippen molar-refractivity contribution in [3.05, 3.63) is 47.4 Å². The van der Waals surface area contributed by atoms with Crippen LogP contribution in [0, 0.1) is 12.7 Å². The zero-order valence-corrected chi connectivity index (χ0v) is 13.7. The van der Waals surface area contributed by atoms with Crippen LogP contribution in [0.5, 0.6) is 0 Å². The third kappa shape index (κ3) is 3.73. The van der Waals surface area contributed by atoms with Gasteiger partial charge in [0.2, 0.25) is 0 Å². The molecule has 1 aromatic carbocycles. The van der Waals surface area contributed by atoms with E-state index in [1.807, 2.05) is 13.0 Å². The third-order valence-corrected chi connectivity index (χ3v) is 4.21. The number of aryl methyl sites for hydroxylation is 1. The lowest BCUT2D eigenvalue weighted by Crippen LogP contribution is -2.47. The zero-order chi connectivity index (χ0) is 17.1. The van der Waals surface area contributed by atoms with Gasteiger partial charge in [0.1, 0.15) is 11.6 Å². The molecule has 0 aliphatic carbocycles. The number of rotatable bonds is 3. The maximum Gasteiger partial charge on any atom is 0.323 e. The first-order chi connectivity index (χ1) is 11.5. The maximum absolute atomic E-state index is 13.3. The minimum Gasteiger partial charge on any atom is -0.326 e. The Morgan fingerprint density at radius 2 is 2.33 bits per heavy atom. The first kappa shape index (κ1) is 16.4. The van der Waals surface area contributed by atoms with E-state index in [9.17, 15) is 9.18 Å². The van der Waals surface area contributed by atoms with Crippen LogP contribution < -0.4 is 11.1 Å². The summed E-state index contributed by atoms with van der Waals surface area (Å²) in [4.78, 5) is 14.2. The van der Waals surface area contributed by atoms with Crippen molar-refractivity contribution in [1.82, 2.24) is 14.7 Å². The van der Waals surface area contributed by atoms with Crippen LogP contribution in [-0.4, -0.2) is 39.8 Å². The molecule has 0 spiro atoms. The van der Waals surface area contributed by atoms with Gasteiger partial charge in [-0.05, 0) is 37.5 Å². The van der Waals surface area contributed by atoms with Gasteiger partial charge in [-0.1, -0.05) is 12.1 Å². The largest absolute Gasteiger partial charge is 0.326 e. The van der Waals surface area contributed by atoms with Gasteiger partial charge in [0, 0.05) is 24.7 Å². The van der Waals surface area contributed by atoms with Crippen molar-refractivity contribution in [2.45, 2.75) is 32.4 Å². The predicted molar refractivity (Wildman–Crippen MR) is 90.3 cm³/mol. The summed E-state index contributed by atoms with van der Waals surface area (Å²) in [6.07, 6.45) is 3.55. The number of benzene rings is 1. The molecule has 128 valence electrons. The Morgan fingerprint density at radius 1 is 1.50 bits per heavy atom. The molecular weight excluding hydrogens is 309 g/mol. The molecule has 7 heteroatoms. The van der Waals surface area contributed by atoms with Gasteiger partial charge in [-0.25, -0.2) is 13.9 Å². The highest BCUT2D eigenvalue weighted by Crippen LogP contribution is 2.18. The van der Waals surface area contributed by atoms with E-state index in [1.54, 1.807) is 21.8 Å². The maximum atomic E-state index is 13.3. The Labute approximate surface area is 140 Å². The molecule has 1 atom stereocenters. The fourth-order valence-corrected chi connectivity index (χ4v) is 2.94. The fraction of sp³-hybridized carbons (Fsp3) is 0.412. The van der Waals surface area contributed by atoms with E-state index in [1.165, 1.54) is 12.1 Å². The van der Waals surface area contributed by atoms with Crippen molar-refractivity contribution in [2.75, 3.05) is 18.4 Å². The standard InChI is InChI=1S/C17H22FN5O/c1-12-9-20-23(10-13-4-2-5-14(18)8-13)16(12)21-17(24)22-7-3-6-15(19)11-22/h2,4-5,8-9,15H,3,6-7,10-11,19H2,1H3,(H,21,24). The number of amides is 2. The van der Waals surface area contributed by atoms with E-state index in [0.717, 1.165) is 24.0 Å². The number of carbonyl (C=O) groups is 1. The number of nitrogens with zero attached hydrogens (tertiary/aromatic N) is 3. The highest BCUT2D eigenvalue weighted by Gasteiger charge is 2.22. The molecular formula is C17H22FN5O. The fourth-order valence-electron chi connectivity index (χ4n) is 2.94. The first-order valence-electron chi connectivity index (χ1n) is 8.11. The lowest BCUT2D eigenvalue weighted by molar-refractivity contribution is 0.193. The Kier molecular flexibility index (Phi) is 4.80. The highest BCUT2D eigenvalue weighted by atomic mass is 19.1. The van der Waals surface area contributed by atoms with Crippen molar-refractivity contribution < 1.29 is 9.18 Å². The second-order valence-corrected chi connectivity index (χ2v) is 6.24. The molecule has 1 saturated heterocycles. The molecule has 1 aliphatic heterocycles. The van der Waals surface area contributed by atoms with Gasteiger partial charge in [0.15, 0.2) is 0 Å². The quantitative estimate of drug-likeness (QED) is 0.906. The van der Waals surface area contributed by atoms with Gasteiger partial charge in [0.25, 0.3) is 0 Å². The summed E-state index contributed by atoms with van der Waals surface area (Å²) >= 11 is 0. The number of aromatic nitrogens is 2. The molecule has 0 saturated carbocycles. The number of urea groups is 1. The van der Waals surface area contributed by atoms with Crippen molar-refractivity contribution in [3.63, 3.8) is 0 Å². The second kappa shape index (κ2) is 7.00. The molecule has 2 heterocycles. The minimum atomic E-state index is -0.288. The predicted octanol–water partition coefficient (Wildman–Crippen LogP) is 2.33. The van der Waals surface area contributed by atoms with Crippen LogP contribution in [0.1, 0.15) is 24.0 Å². The van der Waals surface area contributed by atoms with Gasteiger partial charge >= 0.3 is 6.03 Å². The summed E-state index contributed by atoms with van der Waals surface area (Å²) in [6, 6.07) is 6.22. The Hall–Kier alpha value is -2.41. The second-order valence-electron chi connectivity index (χ2n) is 6.24. The number of halogens is 1. The SMILES string of the molecule is Cc1cnn(Cc2cccc(F)c2)c1NC(=O)N1CCCC(N)C1. The average Bonchev–Trinajstić information content (AvgIpc) is 2.88. The molecule has 1 aliphatic rings. The molecule has 2 aromatic rings. The lowest BCUT2D eigenvalue weighted by Gasteiger charge is -2.30. The normalized spacial score (nSPS) is 17.8. The van der Waals surface area contributed by atoms with Crippen molar-refractivity contribution >= 4 is 11.8 Å². The Morgan fingerprint density at radius 3 is 3.08 bits per heavy atom. The number of nitrogens with two attached hydrogens (primary N) is 1. The van der Waals surface area contributed by atoms with E-state index in [0.29, 0.717) is 25.5 Å². The van der Waals surface area contributed by atoms with E-state index in [-0.39, 0.29) is 17.9 Å². The van der Waals surface area contributed by atoms with Crippen LogP contribution in [0.3, 0.4) is 0 Å². The summed E-state index contributed by atoms with van der Waals surface area (Å²) in [5, 5.41) is 7.21. The van der Waals surface area contributed by atoms with E-state index in [4.69, 9.17) is 5.73 Å². The van der Waals surface area contributed by atoms with Crippen LogP contribution in [-0.2, 0) is 6.54 Å². The van der Waals surface area contributed by atoms with Crippen molar-refractivity contribution in [3.8, 4) is 0 Å². The van der Waals surface area contributed by atoms with Gasteiger partial charge < -0.3 is 10.6 Å². The summed E-state index contributed by atoms with van der Waals surface area (Å²) < 4.78 is 15.0. The van der Waals surface area contributed by atoms with Gasteiger partial charge in [0.05, 0.1) is 12.7 Å². The monoisotopic (exact) mass is 331 g/mol. The van der Waals surface area contributed by atoms with Crippen molar-refractivity contribution in [2.24, 2.45) is 5.73 Å². The average molecular weight is 331 g/mol. The van der Waals surface area contributed by atoms with Gasteiger partial charge in [-0.2, -0.15) is 5.10 Å². The lowest BCUT2D eigenvalue weighted by atomic mass is 10.1. The molecule has 1 unspecified atom stereocenters. The number of anilines is 1. The number of hydrogen-bond donors (Lipinski definition) is 2. The Bertz CT molecular complexity index is 730. The molecule has 0 bridgehead atoms. The highest BCUT2D eigenvalue weighted by molar-refractivity contribution is 5.89. The minimum absolute atomic E-state index is 0.0304. The van der Waals surface area contributed by atoms with Crippen molar-refractivity contribution in [1.29, 1.82) is 0 Å². The summed E-state index contributed by atoms with van der Waals surface area (Å²) in [5.74, 6) is 0.340. The molecule has 3 rings (SSSR count). The zero-order valence-electron chi connectivity index (χ0n) is 13.7. The third-order valence-electron chi connectivity index (χ3n) is 4.21. The number of piperidine rings is 1. The smallest absolute Gasteiger partial charge is 0.323 e. The van der Waals surface area contributed by atoms with Gasteiger partial charge in [-0.3, -0.25) is 5.32 Å². The summed E-state index contributed by atoms with van der Waals surface area (Å²) in [7, 11) is 0. The first-order valence-corrected chi connectivity index (χ1v) is 8.11. The topological polar surface area (TPSA) is 76.2 Å². The number of nitrogens with one attached hydrogen (secondary N) is 1. The van der Waals surface area contributed by atoms with Crippen LogP contribution in [0.25, 0.3) is 0 Å². The molecule has 1 aromatic heterocycles. The molecule has 24 heavy (non-hydrogen) atoms. The molecule has 3 N–H and O–H groups in total. The summed E-state index contributed by atoms with van der Waals surface area (Å²) in [6.45, 7) is 3.53. The number of carbonyl (C=O) groups excluding carboxylic acids is 1. The van der Waals surface area contributed by atoms with Crippen LogP contribution in [0.15, 0.2) is 30.5 Å². The number of hydrogen-bond acceptors (Lipinski definition) is 3. The Balaban J connectivity index is 1.74. The molecule has 0 radical (unpaired) electrons. The molecule has 2 amide bonds. The van der Waals surface area contributed by atoms with E-state index in [2.05, 4.69) is 10.4 Å². The van der Waals surface area contributed by atoms with Gasteiger partial charge in [-0.15, -0.1) is 0 Å².